The van der Waals surface area contributed by atoms with Crippen LogP contribution in [-0.4, -0.2) is 9.55 Å². The topological polar surface area (TPSA) is 43.8 Å². The zero-order chi connectivity index (χ0) is 11.0. The Hall–Kier alpha value is -1.48. The molecule has 0 fully saturated rings. The number of nitrogens with two attached hydrogens (primary N) is 1. The van der Waals surface area contributed by atoms with E-state index in [1.54, 1.807) is 12.4 Å². The summed E-state index contributed by atoms with van der Waals surface area (Å²) < 4.78 is 1.94. The fourth-order valence-electron chi connectivity index (χ4n) is 1.48. The summed E-state index contributed by atoms with van der Waals surface area (Å²) in [5.74, 6) is 0. The second-order valence-corrected chi connectivity index (χ2v) is 3.87. The molecule has 0 radical (unpaired) electrons. The van der Waals surface area contributed by atoms with E-state index in [-0.39, 0.29) is 0 Å². The maximum atomic E-state index is 5.96. The van der Waals surface area contributed by atoms with Gasteiger partial charge in [0.15, 0.2) is 0 Å². The summed E-state index contributed by atoms with van der Waals surface area (Å²) in [4.78, 5) is 4.23. The van der Waals surface area contributed by atoms with Crippen LogP contribution in [0.15, 0.2) is 24.5 Å². The van der Waals surface area contributed by atoms with E-state index in [1.807, 2.05) is 30.5 Å². The fraction of sp³-hybridized carbons (Fsp3) is 0.182. The fourth-order valence-corrected chi connectivity index (χ4v) is 1.65. The summed E-state index contributed by atoms with van der Waals surface area (Å²) in [6.07, 6.45) is 1.76. The van der Waals surface area contributed by atoms with Gasteiger partial charge in [-0.25, -0.2) is 4.98 Å². The monoisotopic (exact) mass is 221 g/mol. The zero-order valence-electron chi connectivity index (χ0n) is 8.66. The predicted molar refractivity (Wildman–Crippen MR) is 62.5 cm³/mol. The van der Waals surface area contributed by atoms with Gasteiger partial charge in [0, 0.05) is 5.69 Å². The first-order valence-electron chi connectivity index (χ1n) is 4.66. The Morgan fingerprint density at radius 2 is 2.07 bits per heavy atom. The van der Waals surface area contributed by atoms with Crippen molar-refractivity contribution in [2.24, 2.45) is 0 Å². The molecule has 0 atom stereocenters. The van der Waals surface area contributed by atoms with Gasteiger partial charge in [0.2, 0.25) is 0 Å². The molecular formula is C11H12ClN3. The number of hydrogen-bond acceptors (Lipinski definition) is 2. The Morgan fingerprint density at radius 3 is 2.67 bits per heavy atom. The summed E-state index contributed by atoms with van der Waals surface area (Å²) >= 11 is 5.96. The van der Waals surface area contributed by atoms with Crippen molar-refractivity contribution in [3.05, 3.63) is 40.9 Å². The molecule has 2 aromatic rings. The highest BCUT2D eigenvalue weighted by Crippen LogP contribution is 2.26. The number of nitrogen functional groups attached to an aromatic ring is 1. The van der Waals surface area contributed by atoms with Crippen LogP contribution >= 0.6 is 11.6 Å². The number of anilines is 1. The normalized spacial score (nSPS) is 10.6. The Labute approximate surface area is 93.5 Å². The molecule has 0 saturated heterocycles. The molecule has 4 heteroatoms. The Bertz CT molecular complexity index is 503. The van der Waals surface area contributed by atoms with Crippen molar-refractivity contribution < 1.29 is 0 Å². The van der Waals surface area contributed by atoms with Crippen LogP contribution in [0.5, 0.6) is 0 Å². The van der Waals surface area contributed by atoms with Gasteiger partial charge in [0.1, 0.15) is 0 Å². The second-order valence-electron chi connectivity index (χ2n) is 3.46. The van der Waals surface area contributed by atoms with Crippen molar-refractivity contribution in [3.8, 4) is 5.69 Å². The molecule has 2 rings (SSSR count). The van der Waals surface area contributed by atoms with Crippen molar-refractivity contribution in [2.75, 3.05) is 5.73 Å². The molecule has 0 bridgehead atoms. The molecule has 0 aliphatic carbocycles. The van der Waals surface area contributed by atoms with Gasteiger partial charge in [0.25, 0.3) is 0 Å². The lowest BCUT2D eigenvalue weighted by Gasteiger charge is -2.09. The van der Waals surface area contributed by atoms with Crippen molar-refractivity contribution in [1.82, 2.24) is 9.55 Å². The van der Waals surface area contributed by atoms with E-state index in [9.17, 15) is 0 Å². The standard InChI is InChI=1S/C11H12ClN3/c1-7-8(2)15(6-14-7)10-5-3-4-9(12)11(10)13/h3-6H,13H2,1-2H3. The van der Waals surface area contributed by atoms with Gasteiger partial charge in [0.05, 0.1) is 28.4 Å². The van der Waals surface area contributed by atoms with E-state index < -0.39 is 0 Å². The third-order valence-corrected chi connectivity index (χ3v) is 2.87. The lowest BCUT2D eigenvalue weighted by Crippen LogP contribution is -2.00. The maximum Gasteiger partial charge on any atom is 0.0998 e. The number of aryl methyl sites for hydroxylation is 1. The molecule has 3 nitrogen and oxygen atoms in total. The van der Waals surface area contributed by atoms with Crippen molar-refractivity contribution >= 4 is 17.3 Å². The average Bonchev–Trinajstić information content (AvgIpc) is 2.53. The van der Waals surface area contributed by atoms with Gasteiger partial charge in [-0.05, 0) is 26.0 Å². The summed E-state index contributed by atoms with van der Waals surface area (Å²) in [5, 5.41) is 0.568. The second kappa shape index (κ2) is 3.59. The van der Waals surface area contributed by atoms with Crippen LogP contribution in [-0.2, 0) is 0 Å². The van der Waals surface area contributed by atoms with Crippen LogP contribution in [0.3, 0.4) is 0 Å². The number of rotatable bonds is 1. The molecule has 0 aliphatic heterocycles. The minimum Gasteiger partial charge on any atom is -0.396 e. The molecule has 15 heavy (non-hydrogen) atoms. The lowest BCUT2D eigenvalue weighted by atomic mass is 10.2. The number of hydrogen-bond donors (Lipinski definition) is 1. The molecular weight excluding hydrogens is 210 g/mol. The quantitative estimate of drug-likeness (QED) is 0.753. The summed E-state index contributed by atoms with van der Waals surface area (Å²) in [6.45, 7) is 3.97. The van der Waals surface area contributed by atoms with Crippen molar-refractivity contribution in [2.45, 2.75) is 13.8 Å². The number of benzene rings is 1. The van der Waals surface area contributed by atoms with Gasteiger partial charge in [-0.1, -0.05) is 17.7 Å². The van der Waals surface area contributed by atoms with Gasteiger partial charge in [-0.3, -0.25) is 0 Å². The van der Waals surface area contributed by atoms with Crippen molar-refractivity contribution in [1.29, 1.82) is 0 Å². The Balaban J connectivity index is 2.64. The molecule has 0 aliphatic rings. The van der Waals surface area contributed by atoms with E-state index in [1.165, 1.54) is 0 Å². The maximum absolute atomic E-state index is 5.96. The van der Waals surface area contributed by atoms with Gasteiger partial charge in [-0.2, -0.15) is 0 Å². The highest BCUT2D eigenvalue weighted by molar-refractivity contribution is 6.33. The predicted octanol–water partition coefficient (Wildman–Crippen LogP) is 2.72. The Morgan fingerprint density at radius 1 is 1.33 bits per heavy atom. The van der Waals surface area contributed by atoms with Gasteiger partial charge in [-0.15, -0.1) is 0 Å². The van der Waals surface area contributed by atoms with E-state index in [2.05, 4.69) is 4.98 Å². The highest BCUT2D eigenvalue weighted by Gasteiger charge is 2.08. The van der Waals surface area contributed by atoms with Crippen LogP contribution in [0.1, 0.15) is 11.4 Å². The number of para-hydroxylation sites is 1. The average molecular weight is 222 g/mol. The van der Waals surface area contributed by atoms with Crippen LogP contribution in [0.2, 0.25) is 5.02 Å². The van der Waals surface area contributed by atoms with Crippen LogP contribution < -0.4 is 5.73 Å². The molecule has 0 amide bonds. The third-order valence-electron chi connectivity index (χ3n) is 2.54. The SMILES string of the molecule is Cc1ncn(-c2cccc(Cl)c2N)c1C. The first kappa shape index (κ1) is 10.1. The van der Waals surface area contributed by atoms with Crippen LogP contribution in [0.25, 0.3) is 5.69 Å². The Kier molecular flexibility index (Phi) is 2.40. The summed E-state index contributed by atoms with van der Waals surface area (Å²) in [5.41, 5.74) is 9.44. The largest absolute Gasteiger partial charge is 0.396 e. The molecule has 1 aromatic carbocycles. The van der Waals surface area contributed by atoms with E-state index in [4.69, 9.17) is 17.3 Å². The number of halogens is 1. The molecule has 1 heterocycles. The minimum absolute atomic E-state index is 0.568. The molecule has 1 aromatic heterocycles. The van der Waals surface area contributed by atoms with Gasteiger partial charge >= 0.3 is 0 Å². The van der Waals surface area contributed by atoms with Gasteiger partial charge < -0.3 is 10.3 Å². The van der Waals surface area contributed by atoms with Crippen LogP contribution in [0.4, 0.5) is 5.69 Å². The molecule has 0 spiro atoms. The first-order chi connectivity index (χ1) is 7.11. The zero-order valence-corrected chi connectivity index (χ0v) is 9.42. The first-order valence-corrected chi connectivity index (χ1v) is 5.04. The van der Waals surface area contributed by atoms with E-state index in [0.717, 1.165) is 17.1 Å². The van der Waals surface area contributed by atoms with Crippen LogP contribution in [0, 0.1) is 13.8 Å². The van der Waals surface area contributed by atoms with Crippen molar-refractivity contribution in [3.63, 3.8) is 0 Å². The molecule has 78 valence electrons. The lowest BCUT2D eigenvalue weighted by molar-refractivity contribution is 1.00. The summed E-state index contributed by atoms with van der Waals surface area (Å²) in [6, 6.07) is 5.58. The number of nitrogens with zero attached hydrogens (tertiary/aromatic N) is 2. The third kappa shape index (κ3) is 1.59. The number of imidazole rings is 1. The molecule has 0 saturated carbocycles. The summed E-state index contributed by atoms with van der Waals surface area (Å²) in [7, 11) is 0. The molecule has 0 unspecified atom stereocenters. The van der Waals surface area contributed by atoms with E-state index >= 15 is 0 Å². The number of aromatic nitrogens is 2. The minimum atomic E-state index is 0.568. The highest BCUT2D eigenvalue weighted by atomic mass is 35.5. The molecule has 2 N–H and O–H groups in total. The van der Waals surface area contributed by atoms with E-state index in [0.29, 0.717) is 10.7 Å². The smallest absolute Gasteiger partial charge is 0.0998 e.